The predicted octanol–water partition coefficient (Wildman–Crippen LogP) is -0.357. The highest BCUT2D eigenvalue weighted by atomic mass is 16.5. The summed E-state index contributed by atoms with van der Waals surface area (Å²) in [7, 11) is 0. The lowest BCUT2D eigenvalue weighted by atomic mass is 10.2. The summed E-state index contributed by atoms with van der Waals surface area (Å²) >= 11 is 0. The molecule has 0 spiro atoms. The lowest BCUT2D eigenvalue weighted by molar-refractivity contribution is -0.123. The Morgan fingerprint density at radius 2 is 2.11 bits per heavy atom. The number of rotatable bonds is 7. The molecule has 0 aliphatic carbocycles. The Morgan fingerprint density at radius 1 is 1.32 bits per heavy atom. The zero-order valence-electron chi connectivity index (χ0n) is 11.8. The maximum Gasteiger partial charge on any atom is 0.221 e. The number of amides is 2. The van der Waals surface area contributed by atoms with Crippen LogP contribution in [0, 0.1) is 5.92 Å². The fraction of sp³-hybridized carbons (Fsp3) is 0.846. The molecule has 110 valence electrons. The van der Waals surface area contributed by atoms with Crippen molar-refractivity contribution < 1.29 is 14.3 Å². The van der Waals surface area contributed by atoms with Crippen LogP contribution in [0.4, 0.5) is 0 Å². The maximum atomic E-state index is 11.6. The number of hydrogen-bond acceptors (Lipinski definition) is 4. The molecule has 1 fully saturated rings. The van der Waals surface area contributed by atoms with Crippen molar-refractivity contribution in [2.45, 2.75) is 32.7 Å². The molecule has 6 heteroatoms. The molecule has 1 heterocycles. The molecule has 0 saturated carbocycles. The Balaban J connectivity index is 2.04. The fourth-order valence-corrected chi connectivity index (χ4v) is 1.77. The molecular formula is C13H25N3O3. The van der Waals surface area contributed by atoms with E-state index in [-0.39, 0.29) is 17.9 Å². The second-order valence-electron chi connectivity index (χ2n) is 5.23. The van der Waals surface area contributed by atoms with Crippen LogP contribution in [0.2, 0.25) is 0 Å². The van der Waals surface area contributed by atoms with Crippen molar-refractivity contribution in [2.24, 2.45) is 5.92 Å². The van der Waals surface area contributed by atoms with Gasteiger partial charge in [0.05, 0.1) is 13.2 Å². The highest BCUT2D eigenvalue weighted by Gasteiger charge is 2.16. The summed E-state index contributed by atoms with van der Waals surface area (Å²) in [6.07, 6.45) is 0.723. The lowest BCUT2D eigenvalue weighted by Gasteiger charge is -2.23. The molecule has 0 radical (unpaired) electrons. The minimum absolute atomic E-state index is 0.0203. The van der Waals surface area contributed by atoms with Gasteiger partial charge in [-0.2, -0.15) is 0 Å². The van der Waals surface area contributed by atoms with E-state index in [0.717, 1.165) is 6.54 Å². The van der Waals surface area contributed by atoms with Crippen LogP contribution in [0.25, 0.3) is 0 Å². The van der Waals surface area contributed by atoms with E-state index in [1.54, 1.807) is 0 Å². The molecule has 19 heavy (non-hydrogen) atoms. The van der Waals surface area contributed by atoms with E-state index < -0.39 is 0 Å². The molecule has 0 bridgehead atoms. The first-order valence-electron chi connectivity index (χ1n) is 6.92. The van der Waals surface area contributed by atoms with Gasteiger partial charge in [-0.1, -0.05) is 13.8 Å². The second kappa shape index (κ2) is 8.87. The van der Waals surface area contributed by atoms with Crippen molar-refractivity contribution in [1.82, 2.24) is 16.0 Å². The van der Waals surface area contributed by atoms with E-state index in [0.29, 0.717) is 45.1 Å². The lowest BCUT2D eigenvalue weighted by Crippen LogP contribution is -2.44. The smallest absolute Gasteiger partial charge is 0.221 e. The molecule has 1 aliphatic rings. The molecule has 0 aromatic heterocycles. The first-order chi connectivity index (χ1) is 9.08. The summed E-state index contributed by atoms with van der Waals surface area (Å²) in [5.74, 6) is 0.378. The van der Waals surface area contributed by atoms with Gasteiger partial charge in [0.2, 0.25) is 11.8 Å². The Kier molecular flexibility index (Phi) is 7.43. The van der Waals surface area contributed by atoms with Gasteiger partial charge >= 0.3 is 0 Å². The van der Waals surface area contributed by atoms with Crippen LogP contribution in [0.3, 0.4) is 0 Å². The van der Waals surface area contributed by atoms with Gasteiger partial charge in [0.1, 0.15) is 0 Å². The van der Waals surface area contributed by atoms with Crippen molar-refractivity contribution >= 4 is 11.8 Å². The van der Waals surface area contributed by atoms with E-state index >= 15 is 0 Å². The topological polar surface area (TPSA) is 79.5 Å². The molecule has 2 amide bonds. The minimum Gasteiger partial charge on any atom is -0.378 e. The third-order valence-electron chi connectivity index (χ3n) is 2.81. The molecule has 3 N–H and O–H groups in total. The first-order valence-corrected chi connectivity index (χ1v) is 6.92. The molecule has 0 aromatic rings. The molecule has 1 atom stereocenters. The van der Waals surface area contributed by atoms with Gasteiger partial charge in [-0.15, -0.1) is 0 Å². The Labute approximate surface area is 114 Å². The van der Waals surface area contributed by atoms with Gasteiger partial charge in [-0.25, -0.2) is 0 Å². The van der Waals surface area contributed by atoms with Crippen LogP contribution in [-0.2, 0) is 14.3 Å². The number of hydrogen-bond donors (Lipinski definition) is 3. The van der Waals surface area contributed by atoms with Gasteiger partial charge in [0, 0.05) is 38.5 Å². The predicted molar refractivity (Wildman–Crippen MR) is 72.7 cm³/mol. The van der Waals surface area contributed by atoms with Crippen LogP contribution in [0.15, 0.2) is 0 Å². The molecular weight excluding hydrogens is 246 g/mol. The van der Waals surface area contributed by atoms with Crippen molar-refractivity contribution in [1.29, 1.82) is 0 Å². The van der Waals surface area contributed by atoms with Gasteiger partial charge < -0.3 is 20.7 Å². The summed E-state index contributed by atoms with van der Waals surface area (Å²) < 4.78 is 5.27. The van der Waals surface area contributed by atoms with Gasteiger partial charge in [0.15, 0.2) is 0 Å². The maximum absolute atomic E-state index is 11.6. The molecule has 1 saturated heterocycles. The van der Waals surface area contributed by atoms with E-state index in [2.05, 4.69) is 16.0 Å². The van der Waals surface area contributed by atoms with Crippen molar-refractivity contribution in [2.75, 3.05) is 32.8 Å². The van der Waals surface area contributed by atoms with Crippen LogP contribution in [0.5, 0.6) is 0 Å². The number of ether oxygens (including phenoxy) is 1. The number of carbonyl (C=O) groups excluding carboxylic acids is 2. The Hall–Kier alpha value is -1.14. The first kappa shape index (κ1) is 15.9. The molecule has 1 rings (SSSR count). The quantitative estimate of drug-likeness (QED) is 0.591. The third kappa shape index (κ3) is 7.79. The van der Waals surface area contributed by atoms with E-state index in [1.807, 2.05) is 13.8 Å². The Morgan fingerprint density at radius 3 is 2.74 bits per heavy atom. The normalized spacial score (nSPS) is 19.2. The average molecular weight is 271 g/mol. The monoisotopic (exact) mass is 271 g/mol. The zero-order chi connectivity index (χ0) is 14.1. The highest BCUT2D eigenvalue weighted by molar-refractivity contribution is 5.79. The number of morpholine rings is 1. The van der Waals surface area contributed by atoms with Crippen LogP contribution in [0.1, 0.15) is 26.7 Å². The summed E-state index contributed by atoms with van der Waals surface area (Å²) in [6, 6.07) is 0.0866. The largest absolute Gasteiger partial charge is 0.378 e. The second-order valence-corrected chi connectivity index (χ2v) is 5.23. The van der Waals surface area contributed by atoms with Gasteiger partial charge in [0.25, 0.3) is 0 Å². The summed E-state index contributed by atoms with van der Waals surface area (Å²) in [5.41, 5.74) is 0. The summed E-state index contributed by atoms with van der Waals surface area (Å²) in [6.45, 7) is 7.21. The van der Waals surface area contributed by atoms with Crippen LogP contribution >= 0.6 is 0 Å². The fourth-order valence-electron chi connectivity index (χ4n) is 1.77. The summed E-state index contributed by atoms with van der Waals surface area (Å²) in [5, 5.41) is 8.78. The van der Waals surface area contributed by atoms with Gasteiger partial charge in [-0.3, -0.25) is 9.59 Å². The minimum atomic E-state index is -0.0420. The van der Waals surface area contributed by atoms with E-state index in [4.69, 9.17) is 4.74 Å². The van der Waals surface area contributed by atoms with Gasteiger partial charge in [-0.05, 0) is 5.92 Å². The molecule has 0 aromatic carbocycles. The van der Waals surface area contributed by atoms with Crippen molar-refractivity contribution in [3.63, 3.8) is 0 Å². The van der Waals surface area contributed by atoms with E-state index in [9.17, 15) is 9.59 Å². The molecule has 1 unspecified atom stereocenters. The van der Waals surface area contributed by atoms with Crippen molar-refractivity contribution in [3.05, 3.63) is 0 Å². The third-order valence-corrected chi connectivity index (χ3v) is 2.81. The standard InChI is InChI=1S/C13H25N3O3/c1-10(2)8-16-12(17)3-4-15-13(18)7-11-9-19-6-5-14-11/h10-11,14H,3-9H2,1-2H3,(H,15,18)(H,16,17). The zero-order valence-corrected chi connectivity index (χ0v) is 11.8. The number of nitrogens with one attached hydrogen (secondary N) is 3. The van der Waals surface area contributed by atoms with Crippen molar-refractivity contribution in [3.8, 4) is 0 Å². The van der Waals surface area contributed by atoms with Crippen LogP contribution < -0.4 is 16.0 Å². The molecule has 1 aliphatic heterocycles. The average Bonchev–Trinajstić information content (AvgIpc) is 2.37. The van der Waals surface area contributed by atoms with Crippen LogP contribution in [-0.4, -0.2) is 50.7 Å². The number of carbonyl (C=O) groups is 2. The SMILES string of the molecule is CC(C)CNC(=O)CCNC(=O)CC1COCCN1. The Bertz CT molecular complexity index is 289. The molecule has 6 nitrogen and oxygen atoms in total. The summed E-state index contributed by atoms with van der Waals surface area (Å²) in [4.78, 5) is 23.0. The highest BCUT2D eigenvalue weighted by Crippen LogP contribution is 1.98. The van der Waals surface area contributed by atoms with E-state index in [1.165, 1.54) is 0 Å².